The monoisotopic (exact) mass is 375 g/mol. The molecule has 0 saturated heterocycles. The van der Waals surface area contributed by atoms with Gasteiger partial charge in [0.1, 0.15) is 0 Å². The lowest BCUT2D eigenvalue weighted by Gasteiger charge is -2.25. The van der Waals surface area contributed by atoms with E-state index in [9.17, 15) is 9.59 Å². The van der Waals surface area contributed by atoms with Crippen LogP contribution in [0.15, 0.2) is 72.8 Å². The number of nitrogens with zero attached hydrogens (tertiary/aromatic N) is 1. The molecule has 142 valence electrons. The van der Waals surface area contributed by atoms with Gasteiger partial charge in [-0.15, -0.1) is 0 Å². The zero-order valence-corrected chi connectivity index (χ0v) is 16.0. The number of rotatable bonds is 5. The molecular weight excluding hydrogens is 354 g/mol. The third kappa shape index (κ3) is 4.04. The van der Waals surface area contributed by atoms with Crippen LogP contribution in [0.1, 0.15) is 26.3 Å². The Balaban J connectivity index is 2.04. The van der Waals surface area contributed by atoms with E-state index < -0.39 is 0 Å². The average molecular weight is 375 g/mol. The van der Waals surface area contributed by atoms with Crippen LogP contribution in [0.2, 0.25) is 0 Å². The molecule has 5 heteroatoms. The third-order valence-electron chi connectivity index (χ3n) is 4.39. The van der Waals surface area contributed by atoms with Crippen molar-refractivity contribution in [1.82, 2.24) is 0 Å². The quantitative estimate of drug-likeness (QED) is 0.585. The number of methoxy groups -OCH3 is 2. The summed E-state index contributed by atoms with van der Waals surface area (Å²) in [6.45, 7) is 2.03. The Morgan fingerprint density at radius 1 is 0.607 bits per heavy atom. The van der Waals surface area contributed by atoms with Gasteiger partial charge in [0.15, 0.2) is 0 Å². The Morgan fingerprint density at radius 3 is 1.25 bits per heavy atom. The van der Waals surface area contributed by atoms with Gasteiger partial charge < -0.3 is 14.4 Å². The third-order valence-corrected chi connectivity index (χ3v) is 4.39. The van der Waals surface area contributed by atoms with E-state index in [2.05, 4.69) is 0 Å². The molecule has 0 bridgehead atoms. The molecule has 0 aliphatic carbocycles. The molecule has 0 heterocycles. The number of carbonyl (C=O) groups excluding carboxylic acids is 2. The zero-order valence-electron chi connectivity index (χ0n) is 16.0. The van der Waals surface area contributed by atoms with Crippen molar-refractivity contribution in [2.24, 2.45) is 0 Å². The molecule has 3 aromatic carbocycles. The summed E-state index contributed by atoms with van der Waals surface area (Å²) >= 11 is 0. The van der Waals surface area contributed by atoms with Gasteiger partial charge in [-0.1, -0.05) is 17.7 Å². The van der Waals surface area contributed by atoms with Gasteiger partial charge in [0.2, 0.25) is 0 Å². The van der Waals surface area contributed by atoms with Crippen LogP contribution in [0.4, 0.5) is 17.1 Å². The fraction of sp³-hybridized carbons (Fsp3) is 0.130. The minimum Gasteiger partial charge on any atom is -0.465 e. The lowest BCUT2D eigenvalue weighted by Crippen LogP contribution is -2.11. The largest absolute Gasteiger partial charge is 0.465 e. The van der Waals surface area contributed by atoms with Gasteiger partial charge in [-0.2, -0.15) is 0 Å². The molecule has 0 saturated carbocycles. The standard InChI is InChI=1S/C23H21NO4/c1-16-4-10-19(11-5-16)24(20-12-6-17(7-13-20)22(25)27-2)21-14-8-18(9-15-21)23(26)28-3/h4-15H,1-3H3. The summed E-state index contributed by atoms with van der Waals surface area (Å²) in [6.07, 6.45) is 0. The highest BCUT2D eigenvalue weighted by molar-refractivity contribution is 5.91. The van der Waals surface area contributed by atoms with Crippen molar-refractivity contribution >= 4 is 29.0 Å². The number of benzene rings is 3. The Bertz CT molecular complexity index is 901. The van der Waals surface area contributed by atoms with Crippen molar-refractivity contribution in [2.45, 2.75) is 6.92 Å². The number of hydrogen-bond donors (Lipinski definition) is 0. The highest BCUT2D eigenvalue weighted by Gasteiger charge is 2.15. The van der Waals surface area contributed by atoms with E-state index in [1.165, 1.54) is 14.2 Å². The average Bonchev–Trinajstić information content (AvgIpc) is 2.75. The maximum absolute atomic E-state index is 11.7. The second-order valence-electron chi connectivity index (χ2n) is 6.25. The summed E-state index contributed by atoms with van der Waals surface area (Å²) in [5.74, 6) is -0.758. The molecule has 3 aromatic rings. The molecule has 0 aliphatic rings. The second kappa shape index (κ2) is 8.39. The van der Waals surface area contributed by atoms with Crippen molar-refractivity contribution < 1.29 is 19.1 Å². The van der Waals surface area contributed by atoms with Crippen LogP contribution in [0.25, 0.3) is 0 Å². The second-order valence-corrected chi connectivity index (χ2v) is 6.25. The van der Waals surface area contributed by atoms with Crippen molar-refractivity contribution in [3.8, 4) is 0 Å². The number of ether oxygens (including phenoxy) is 2. The first-order chi connectivity index (χ1) is 13.5. The Hall–Kier alpha value is -3.60. The Morgan fingerprint density at radius 2 is 0.929 bits per heavy atom. The van der Waals surface area contributed by atoms with Gasteiger partial charge in [0.25, 0.3) is 0 Å². The molecule has 0 spiro atoms. The first-order valence-electron chi connectivity index (χ1n) is 8.77. The molecule has 3 rings (SSSR count). The minimum absolute atomic E-state index is 0.379. The normalized spacial score (nSPS) is 10.2. The molecule has 28 heavy (non-hydrogen) atoms. The van der Waals surface area contributed by atoms with Gasteiger partial charge in [0.05, 0.1) is 25.3 Å². The summed E-state index contributed by atoms with van der Waals surface area (Å²) in [7, 11) is 2.72. The van der Waals surface area contributed by atoms with Crippen LogP contribution >= 0.6 is 0 Å². The number of hydrogen-bond acceptors (Lipinski definition) is 5. The maximum Gasteiger partial charge on any atom is 0.337 e. The van der Waals surface area contributed by atoms with Crippen LogP contribution in [-0.4, -0.2) is 26.2 Å². The van der Waals surface area contributed by atoms with Gasteiger partial charge in [0, 0.05) is 17.1 Å². The molecule has 0 N–H and O–H groups in total. The highest BCUT2D eigenvalue weighted by Crippen LogP contribution is 2.34. The molecule has 5 nitrogen and oxygen atoms in total. The van der Waals surface area contributed by atoms with E-state index in [1.54, 1.807) is 24.3 Å². The lowest BCUT2D eigenvalue weighted by atomic mass is 10.1. The number of carbonyl (C=O) groups is 2. The van der Waals surface area contributed by atoms with E-state index in [1.807, 2.05) is 60.4 Å². The van der Waals surface area contributed by atoms with E-state index >= 15 is 0 Å². The number of esters is 2. The summed E-state index contributed by atoms with van der Waals surface area (Å²) in [5.41, 5.74) is 4.84. The SMILES string of the molecule is COC(=O)c1ccc(N(c2ccc(C)cc2)c2ccc(C(=O)OC)cc2)cc1. The van der Waals surface area contributed by atoms with E-state index in [-0.39, 0.29) is 11.9 Å². The highest BCUT2D eigenvalue weighted by atomic mass is 16.5. The van der Waals surface area contributed by atoms with Gasteiger partial charge in [-0.05, 0) is 67.6 Å². The zero-order chi connectivity index (χ0) is 20.1. The van der Waals surface area contributed by atoms with Crippen LogP contribution in [0.3, 0.4) is 0 Å². The topological polar surface area (TPSA) is 55.8 Å². The fourth-order valence-electron chi connectivity index (χ4n) is 2.87. The lowest BCUT2D eigenvalue weighted by molar-refractivity contribution is 0.0592. The molecule has 0 radical (unpaired) electrons. The first kappa shape index (κ1) is 19.2. The fourth-order valence-corrected chi connectivity index (χ4v) is 2.87. The van der Waals surface area contributed by atoms with E-state index in [0.717, 1.165) is 22.6 Å². The van der Waals surface area contributed by atoms with Crippen LogP contribution < -0.4 is 4.90 Å². The van der Waals surface area contributed by atoms with Crippen LogP contribution in [0, 0.1) is 6.92 Å². The Labute approximate surface area is 164 Å². The van der Waals surface area contributed by atoms with Crippen LogP contribution in [-0.2, 0) is 9.47 Å². The van der Waals surface area contributed by atoms with Crippen molar-refractivity contribution in [3.63, 3.8) is 0 Å². The van der Waals surface area contributed by atoms with Crippen molar-refractivity contribution in [2.75, 3.05) is 19.1 Å². The predicted molar refractivity (Wildman–Crippen MR) is 109 cm³/mol. The van der Waals surface area contributed by atoms with Gasteiger partial charge >= 0.3 is 11.9 Å². The smallest absolute Gasteiger partial charge is 0.337 e. The van der Waals surface area contributed by atoms with Gasteiger partial charge in [-0.25, -0.2) is 9.59 Å². The van der Waals surface area contributed by atoms with Crippen molar-refractivity contribution in [3.05, 3.63) is 89.5 Å². The summed E-state index contributed by atoms with van der Waals surface area (Å²) in [4.78, 5) is 25.5. The van der Waals surface area contributed by atoms with Crippen LogP contribution in [0.5, 0.6) is 0 Å². The summed E-state index contributed by atoms with van der Waals surface area (Å²) in [6, 6.07) is 22.5. The van der Waals surface area contributed by atoms with Crippen molar-refractivity contribution in [1.29, 1.82) is 0 Å². The summed E-state index contributed by atoms with van der Waals surface area (Å²) in [5, 5.41) is 0. The van der Waals surface area contributed by atoms with Gasteiger partial charge in [-0.3, -0.25) is 0 Å². The summed E-state index contributed by atoms with van der Waals surface area (Å²) < 4.78 is 9.54. The molecule has 0 atom stereocenters. The number of anilines is 3. The Kier molecular flexibility index (Phi) is 5.75. The number of aryl methyl sites for hydroxylation is 1. The molecule has 0 unspecified atom stereocenters. The molecule has 0 aromatic heterocycles. The first-order valence-corrected chi connectivity index (χ1v) is 8.77. The molecular formula is C23H21NO4. The molecule has 0 amide bonds. The predicted octanol–water partition coefficient (Wildman–Crippen LogP) is 5.04. The van der Waals surface area contributed by atoms with E-state index in [4.69, 9.17) is 9.47 Å². The minimum atomic E-state index is -0.379. The molecule has 0 aliphatic heterocycles. The van der Waals surface area contributed by atoms with E-state index in [0.29, 0.717) is 11.1 Å². The maximum atomic E-state index is 11.7. The molecule has 0 fully saturated rings.